The third kappa shape index (κ3) is 5.80. The molecule has 0 aromatic carbocycles. The average Bonchev–Trinajstić information content (AvgIpc) is 2.75. The quantitative estimate of drug-likeness (QED) is 0.477. The zero-order chi connectivity index (χ0) is 18.0. The van der Waals surface area contributed by atoms with E-state index in [1.54, 1.807) is 0 Å². The number of likely N-dealkylation sites (tertiary alicyclic amines) is 1. The Morgan fingerprint density at radius 1 is 1.42 bits per heavy atom. The van der Waals surface area contributed by atoms with E-state index in [1.807, 2.05) is 6.92 Å². The summed E-state index contributed by atoms with van der Waals surface area (Å²) in [7, 11) is -2.83. The van der Waals surface area contributed by atoms with Crippen LogP contribution in [0.2, 0.25) is 0 Å². The number of guanidine groups is 1. The minimum Gasteiger partial charge on any atom is -0.356 e. The molecule has 2 saturated heterocycles. The topological polar surface area (TPSA) is 61.8 Å². The molecule has 2 aliphatic rings. The van der Waals surface area contributed by atoms with Crippen LogP contribution in [0.15, 0.2) is 17.1 Å². The Bertz CT molecular complexity index is 595. The van der Waals surface area contributed by atoms with Crippen molar-refractivity contribution in [1.82, 2.24) is 10.2 Å². The van der Waals surface area contributed by atoms with E-state index in [0.29, 0.717) is 30.5 Å². The van der Waals surface area contributed by atoms with Gasteiger partial charge in [0, 0.05) is 19.6 Å². The fourth-order valence-corrected chi connectivity index (χ4v) is 5.80. The number of nitrogens with one attached hydrogen (secondary N) is 1. The molecule has 5 nitrogen and oxygen atoms in total. The van der Waals surface area contributed by atoms with Gasteiger partial charge in [-0.05, 0) is 37.0 Å². The van der Waals surface area contributed by atoms with Crippen molar-refractivity contribution >= 4 is 15.8 Å². The van der Waals surface area contributed by atoms with Gasteiger partial charge >= 0.3 is 0 Å². The Labute approximate surface area is 147 Å². The van der Waals surface area contributed by atoms with Crippen molar-refractivity contribution in [3.05, 3.63) is 12.2 Å². The Morgan fingerprint density at radius 2 is 2.12 bits per heavy atom. The zero-order valence-electron chi connectivity index (χ0n) is 15.6. The molecule has 0 spiro atoms. The molecule has 1 N–H and O–H groups in total. The van der Waals surface area contributed by atoms with E-state index in [4.69, 9.17) is 4.99 Å². The molecule has 6 heteroatoms. The van der Waals surface area contributed by atoms with Crippen LogP contribution in [0, 0.1) is 17.3 Å². The van der Waals surface area contributed by atoms with Crippen LogP contribution in [0.1, 0.15) is 40.5 Å². The third-order valence-corrected chi connectivity index (χ3v) is 6.56. The molecule has 0 aromatic heterocycles. The van der Waals surface area contributed by atoms with Crippen LogP contribution in [-0.2, 0) is 9.84 Å². The molecule has 2 unspecified atom stereocenters. The van der Waals surface area contributed by atoms with Crippen molar-refractivity contribution in [1.29, 1.82) is 0 Å². The summed E-state index contributed by atoms with van der Waals surface area (Å²) in [6.45, 7) is 16.1. The predicted octanol–water partition coefficient (Wildman–Crippen LogP) is 2.31. The Morgan fingerprint density at radius 3 is 2.67 bits per heavy atom. The summed E-state index contributed by atoms with van der Waals surface area (Å²) in [4.78, 5) is 7.06. The van der Waals surface area contributed by atoms with E-state index < -0.39 is 9.84 Å². The lowest BCUT2D eigenvalue weighted by Crippen LogP contribution is -2.52. The molecule has 2 atom stereocenters. The highest BCUT2D eigenvalue weighted by atomic mass is 32.2. The summed E-state index contributed by atoms with van der Waals surface area (Å²) in [5, 5.41) is 3.45. The Balaban J connectivity index is 2.04. The first kappa shape index (κ1) is 19.3. The summed E-state index contributed by atoms with van der Waals surface area (Å²) in [5.41, 5.74) is 1.29. The SMILES string of the molecule is C=C(C)CN=C(NCC1CCS(=O)(=O)C1)N1CC(C)CC(C)(C)C1. The first-order chi connectivity index (χ1) is 11.1. The molecule has 0 aliphatic carbocycles. The molecule has 24 heavy (non-hydrogen) atoms. The lowest BCUT2D eigenvalue weighted by molar-refractivity contribution is 0.129. The number of hydrogen-bond acceptors (Lipinski definition) is 3. The number of sulfone groups is 1. The van der Waals surface area contributed by atoms with Gasteiger partial charge in [0.15, 0.2) is 15.8 Å². The first-order valence-corrected chi connectivity index (χ1v) is 10.8. The van der Waals surface area contributed by atoms with Crippen LogP contribution in [0.25, 0.3) is 0 Å². The van der Waals surface area contributed by atoms with Crippen LogP contribution in [0.3, 0.4) is 0 Å². The van der Waals surface area contributed by atoms with E-state index >= 15 is 0 Å². The maximum absolute atomic E-state index is 11.7. The second-order valence-corrected chi connectivity index (χ2v) is 10.8. The molecule has 138 valence electrons. The maximum Gasteiger partial charge on any atom is 0.194 e. The van der Waals surface area contributed by atoms with Crippen LogP contribution in [0.5, 0.6) is 0 Å². The molecular weight excluding hydrogens is 322 g/mol. The van der Waals surface area contributed by atoms with Crippen LogP contribution < -0.4 is 5.32 Å². The van der Waals surface area contributed by atoms with Gasteiger partial charge in [-0.1, -0.05) is 32.9 Å². The fraction of sp³-hybridized carbons (Fsp3) is 0.833. The van der Waals surface area contributed by atoms with Gasteiger partial charge in [-0.2, -0.15) is 0 Å². The van der Waals surface area contributed by atoms with Crippen molar-refractivity contribution < 1.29 is 8.42 Å². The van der Waals surface area contributed by atoms with E-state index in [0.717, 1.165) is 31.0 Å². The van der Waals surface area contributed by atoms with Crippen LogP contribution >= 0.6 is 0 Å². The normalized spacial score (nSPS) is 29.5. The lowest BCUT2D eigenvalue weighted by Gasteiger charge is -2.43. The van der Waals surface area contributed by atoms with Gasteiger partial charge in [0.2, 0.25) is 0 Å². The van der Waals surface area contributed by atoms with E-state index in [-0.39, 0.29) is 11.3 Å². The summed E-state index contributed by atoms with van der Waals surface area (Å²) in [5.74, 6) is 2.35. The van der Waals surface area contributed by atoms with Gasteiger partial charge in [0.1, 0.15) is 0 Å². The highest BCUT2D eigenvalue weighted by Gasteiger charge is 2.33. The van der Waals surface area contributed by atoms with Crippen LogP contribution in [-0.4, -0.2) is 57.0 Å². The standard InChI is InChI=1S/C18H33N3O2S/c1-14(2)9-19-17(20-10-16-6-7-24(22,23)12-16)21-11-15(3)8-18(4,5)13-21/h15-16H,1,6-13H2,2-5H3,(H,19,20). The van der Waals surface area contributed by atoms with Gasteiger partial charge in [-0.15, -0.1) is 0 Å². The number of rotatable bonds is 4. The molecule has 2 heterocycles. The number of piperidine rings is 1. The molecule has 0 aromatic rings. The zero-order valence-corrected chi connectivity index (χ0v) is 16.5. The molecule has 0 radical (unpaired) electrons. The van der Waals surface area contributed by atoms with Gasteiger partial charge in [-0.25, -0.2) is 13.4 Å². The van der Waals surface area contributed by atoms with Crippen molar-refractivity contribution in [2.24, 2.45) is 22.2 Å². The predicted molar refractivity (Wildman–Crippen MR) is 101 cm³/mol. The van der Waals surface area contributed by atoms with Crippen molar-refractivity contribution in [3.8, 4) is 0 Å². The summed E-state index contributed by atoms with van der Waals surface area (Å²) in [6.07, 6.45) is 1.98. The number of aliphatic imine (C=N–C) groups is 1. The Kier molecular flexibility index (Phi) is 6.00. The number of hydrogen-bond donors (Lipinski definition) is 1. The molecule has 2 rings (SSSR count). The highest BCUT2D eigenvalue weighted by molar-refractivity contribution is 7.91. The molecule has 2 aliphatic heterocycles. The molecule has 0 saturated carbocycles. The van der Waals surface area contributed by atoms with Gasteiger partial charge in [0.05, 0.1) is 18.1 Å². The summed E-state index contributed by atoms with van der Waals surface area (Å²) in [6, 6.07) is 0. The Hall–Kier alpha value is -1.04. The largest absolute Gasteiger partial charge is 0.356 e. The smallest absolute Gasteiger partial charge is 0.194 e. The fourth-order valence-electron chi connectivity index (χ4n) is 3.94. The van der Waals surface area contributed by atoms with Crippen LogP contribution in [0.4, 0.5) is 0 Å². The second kappa shape index (κ2) is 7.46. The molecule has 0 bridgehead atoms. The van der Waals surface area contributed by atoms with E-state index in [1.165, 1.54) is 6.42 Å². The van der Waals surface area contributed by atoms with Crippen molar-refractivity contribution in [3.63, 3.8) is 0 Å². The first-order valence-electron chi connectivity index (χ1n) is 8.94. The highest BCUT2D eigenvalue weighted by Crippen LogP contribution is 2.32. The number of nitrogens with zero attached hydrogens (tertiary/aromatic N) is 2. The lowest BCUT2D eigenvalue weighted by atomic mass is 9.79. The molecular formula is C18H33N3O2S. The van der Waals surface area contributed by atoms with Crippen molar-refractivity contribution in [2.75, 3.05) is 37.7 Å². The second-order valence-electron chi connectivity index (χ2n) is 8.60. The monoisotopic (exact) mass is 355 g/mol. The third-order valence-electron chi connectivity index (χ3n) is 4.73. The maximum atomic E-state index is 11.7. The molecule has 0 amide bonds. The van der Waals surface area contributed by atoms with Gasteiger partial charge in [0.25, 0.3) is 0 Å². The summed E-state index contributed by atoms with van der Waals surface area (Å²) >= 11 is 0. The van der Waals surface area contributed by atoms with Gasteiger partial charge < -0.3 is 10.2 Å². The van der Waals surface area contributed by atoms with Crippen molar-refractivity contribution in [2.45, 2.75) is 40.5 Å². The van der Waals surface area contributed by atoms with E-state index in [9.17, 15) is 8.42 Å². The average molecular weight is 356 g/mol. The van der Waals surface area contributed by atoms with Gasteiger partial charge in [-0.3, -0.25) is 0 Å². The minimum atomic E-state index is -2.83. The molecule has 2 fully saturated rings. The minimum absolute atomic E-state index is 0.195. The van der Waals surface area contributed by atoms with E-state index in [2.05, 4.69) is 37.6 Å². The summed E-state index contributed by atoms with van der Waals surface area (Å²) < 4.78 is 23.3.